The molecule has 1 fully saturated rings. The molecule has 11 heteroatoms. The van der Waals surface area contributed by atoms with Crippen molar-refractivity contribution in [3.05, 3.63) is 52.7 Å². The summed E-state index contributed by atoms with van der Waals surface area (Å²) in [6, 6.07) is 4.09. The molecular formula is C18H15F6N3O2. The Morgan fingerprint density at radius 2 is 1.66 bits per heavy atom. The third-order valence-corrected chi connectivity index (χ3v) is 4.33. The van der Waals surface area contributed by atoms with Gasteiger partial charge in [-0.25, -0.2) is 0 Å². The number of aryl methyl sites for hydroxylation is 1. The number of benzene rings is 1. The Morgan fingerprint density at radius 3 is 2.17 bits per heavy atom. The average molecular weight is 419 g/mol. The average Bonchev–Trinajstić information content (AvgIpc) is 3.09. The number of alkyl halides is 6. The lowest BCUT2D eigenvalue weighted by atomic mass is 10.0. The molecule has 1 aromatic carbocycles. The van der Waals surface area contributed by atoms with Crippen LogP contribution in [0.4, 0.5) is 26.3 Å². The zero-order valence-electron chi connectivity index (χ0n) is 15.0. The molecule has 0 spiro atoms. The molecule has 1 aliphatic rings. The van der Waals surface area contributed by atoms with Crippen LogP contribution in [0.1, 0.15) is 33.6 Å². The van der Waals surface area contributed by atoms with Crippen LogP contribution in [0.25, 0.3) is 0 Å². The van der Waals surface area contributed by atoms with E-state index in [1.165, 1.54) is 0 Å². The minimum absolute atomic E-state index is 0.00594. The van der Waals surface area contributed by atoms with Crippen molar-refractivity contribution in [3.8, 4) is 5.88 Å². The van der Waals surface area contributed by atoms with Gasteiger partial charge in [-0.2, -0.15) is 31.4 Å². The highest BCUT2D eigenvalue weighted by molar-refractivity contribution is 5.95. The topological polar surface area (TPSA) is 55.3 Å². The summed E-state index contributed by atoms with van der Waals surface area (Å²) in [5.74, 6) is -0.712. The van der Waals surface area contributed by atoms with Crippen LogP contribution in [0.15, 0.2) is 30.3 Å². The molecule has 0 aliphatic carbocycles. The minimum Gasteiger partial charge on any atom is -0.471 e. The number of carbonyl (C=O) groups excluding carboxylic acids is 1. The summed E-state index contributed by atoms with van der Waals surface area (Å²) in [6.45, 7) is 1.86. The Hall–Kier alpha value is -2.85. The molecule has 1 aromatic heterocycles. The van der Waals surface area contributed by atoms with Gasteiger partial charge in [0.1, 0.15) is 6.10 Å². The van der Waals surface area contributed by atoms with Crippen molar-refractivity contribution in [1.82, 2.24) is 15.1 Å². The van der Waals surface area contributed by atoms with E-state index in [4.69, 9.17) is 4.74 Å². The zero-order chi connectivity index (χ0) is 21.4. The van der Waals surface area contributed by atoms with E-state index in [1.807, 2.05) is 0 Å². The van der Waals surface area contributed by atoms with Crippen LogP contribution in [-0.2, 0) is 12.4 Å². The van der Waals surface area contributed by atoms with Crippen LogP contribution >= 0.6 is 0 Å². The molecule has 1 aliphatic heterocycles. The van der Waals surface area contributed by atoms with Gasteiger partial charge in [0.15, 0.2) is 0 Å². The molecule has 1 amide bonds. The van der Waals surface area contributed by atoms with E-state index in [-0.39, 0.29) is 25.0 Å². The summed E-state index contributed by atoms with van der Waals surface area (Å²) >= 11 is 0. The van der Waals surface area contributed by atoms with E-state index in [0.29, 0.717) is 24.2 Å². The molecule has 2 aromatic rings. The number of nitrogens with zero attached hydrogens (tertiary/aromatic N) is 3. The fourth-order valence-corrected chi connectivity index (χ4v) is 2.89. The summed E-state index contributed by atoms with van der Waals surface area (Å²) in [5, 5.41) is 7.64. The molecule has 0 radical (unpaired) electrons. The summed E-state index contributed by atoms with van der Waals surface area (Å²) in [4.78, 5) is 13.7. The van der Waals surface area contributed by atoms with Gasteiger partial charge in [0.2, 0.25) is 5.88 Å². The van der Waals surface area contributed by atoms with Gasteiger partial charge < -0.3 is 9.64 Å². The molecule has 0 N–H and O–H groups in total. The SMILES string of the molecule is Cc1ccc(OC2CCN(C(=O)c3cc(C(F)(F)F)cc(C(F)(F)F)c3)C2)nn1. The second-order valence-electron chi connectivity index (χ2n) is 6.59. The van der Waals surface area contributed by atoms with Crippen molar-refractivity contribution >= 4 is 5.91 Å². The number of ether oxygens (including phenoxy) is 1. The number of carbonyl (C=O) groups is 1. The molecule has 0 bridgehead atoms. The lowest BCUT2D eigenvalue weighted by Gasteiger charge is -2.19. The first kappa shape index (κ1) is 20.9. The number of aromatic nitrogens is 2. The quantitative estimate of drug-likeness (QED) is 0.703. The smallest absolute Gasteiger partial charge is 0.416 e. The first-order valence-corrected chi connectivity index (χ1v) is 8.49. The zero-order valence-corrected chi connectivity index (χ0v) is 15.0. The van der Waals surface area contributed by atoms with Gasteiger partial charge in [0, 0.05) is 24.6 Å². The molecule has 3 rings (SSSR count). The maximum atomic E-state index is 13.0. The Balaban J connectivity index is 1.78. The predicted octanol–water partition coefficient (Wildman–Crippen LogP) is 4.12. The molecular weight excluding hydrogens is 404 g/mol. The molecule has 1 unspecified atom stereocenters. The first-order valence-electron chi connectivity index (χ1n) is 8.49. The highest BCUT2D eigenvalue weighted by Gasteiger charge is 2.38. The van der Waals surface area contributed by atoms with Crippen LogP contribution in [0, 0.1) is 6.92 Å². The van der Waals surface area contributed by atoms with Gasteiger partial charge in [-0.05, 0) is 31.2 Å². The summed E-state index contributed by atoms with van der Waals surface area (Å²) in [7, 11) is 0. The number of hydrogen-bond donors (Lipinski definition) is 0. The lowest BCUT2D eigenvalue weighted by molar-refractivity contribution is -0.143. The second-order valence-corrected chi connectivity index (χ2v) is 6.59. The number of amides is 1. The van der Waals surface area contributed by atoms with Crippen LogP contribution < -0.4 is 4.74 Å². The van der Waals surface area contributed by atoms with E-state index in [9.17, 15) is 31.1 Å². The molecule has 1 saturated heterocycles. The fourth-order valence-electron chi connectivity index (χ4n) is 2.89. The van der Waals surface area contributed by atoms with Crippen LogP contribution in [0.2, 0.25) is 0 Å². The van der Waals surface area contributed by atoms with E-state index in [1.54, 1.807) is 19.1 Å². The number of halogens is 6. The molecule has 156 valence electrons. The van der Waals surface area contributed by atoms with E-state index in [2.05, 4.69) is 10.2 Å². The van der Waals surface area contributed by atoms with Crippen molar-refractivity contribution in [2.45, 2.75) is 31.8 Å². The molecule has 2 heterocycles. The van der Waals surface area contributed by atoms with Gasteiger partial charge in [0.05, 0.1) is 23.4 Å². The Morgan fingerprint density at radius 1 is 1.03 bits per heavy atom. The first-order chi connectivity index (χ1) is 13.4. The maximum Gasteiger partial charge on any atom is 0.416 e. The van der Waals surface area contributed by atoms with Crippen molar-refractivity contribution in [2.75, 3.05) is 13.1 Å². The summed E-state index contributed by atoms with van der Waals surface area (Å²) in [5.41, 5.74) is -3.07. The molecule has 5 nitrogen and oxygen atoms in total. The van der Waals surface area contributed by atoms with E-state index in [0.717, 1.165) is 4.90 Å². The molecule has 1 atom stereocenters. The Labute approximate surface area is 161 Å². The van der Waals surface area contributed by atoms with Crippen LogP contribution in [-0.4, -0.2) is 40.2 Å². The van der Waals surface area contributed by atoms with Crippen LogP contribution in [0.5, 0.6) is 5.88 Å². The van der Waals surface area contributed by atoms with Gasteiger partial charge >= 0.3 is 12.4 Å². The Kier molecular flexibility index (Phi) is 5.42. The third-order valence-electron chi connectivity index (χ3n) is 4.33. The molecule has 29 heavy (non-hydrogen) atoms. The Bertz CT molecular complexity index is 864. The van der Waals surface area contributed by atoms with Crippen molar-refractivity contribution in [3.63, 3.8) is 0 Å². The lowest BCUT2D eigenvalue weighted by Crippen LogP contribution is -2.31. The normalized spacial score (nSPS) is 17.5. The van der Waals surface area contributed by atoms with Crippen molar-refractivity contribution < 1.29 is 35.9 Å². The third kappa shape index (κ3) is 4.96. The number of likely N-dealkylation sites (tertiary alicyclic amines) is 1. The summed E-state index contributed by atoms with van der Waals surface area (Å²) in [6.07, 6.45) is -10.2. The predicted molar refractivity (Wildman–Crippen MR) is 88.2 cm³/mol. The second kappa shape index (κ2) is 7.53. The molecule has 0 saturated carbocycles. The maximum absolute atomic E-state index is 13.0. The number of hydrogen-bond acceptors (Lipinski definition) is 4. The standard InChI is InChI=1S/C18H15F6N3O2/c1-10-2-3-15(26-25-10)29-14-4-5-27(9-14)16(28)11-6-12(17(19,20)21)8-13(7-11)18(22,23)24/h2-3,6-8,14H,4-5,9H2,1H3. The minimum atomic E-state index is -5.02. The highest BCUT2D eigenvalue weighted by atomic mass is 19.4. The monoisotopic (exact) mass is 419 g/mol. The van der Waals surface area contributed by atoms with Gasteiger partial charge in [-0.15, -0.1) is 5.10 Å². The van der Waals surface area contributed by atoms with Crippen LogP contribution in [0.3, 0.4) is 0 Å². The van der Waals surface area contributed by atoms with Gasteiger partial charge in [0.25, 0.3) is 5.91 Å². The van der Waals surface area contributed by atoms with E-state index < -0.39 is 41.1 Å². The highest BCUT2D eigenvalue weighted by Crippen LogP contribution is 2.36. The van der Waals surface area contributed by atoms with Gasteiger partial charge in [-0.1, -0.05) is 0 Å². The van der Waals surface area contributed by atoms with Crippen molar-refractivity contribution in [2.24, 2.45) is 0 Å². The van der Waals surface area contributed by atoms with Crippen molar-refractivity contribution in [1.29, 1.82) is 0 Å². The largest absolute Gasteiger partial charge is 0.471 e. The van der Waals surface area contributed by atoms with E-state index >= 15 is 0 Å². The number of rotatable bonds is 3. The summed E-state index contributed by atoms with van der Waals surface area (Å²) < 4.78 is 83.5. The van der Waals surface area contributed by atoms with Gasteiger partial charge in [-0.3, -0.25) is 4.79 Å². The fraction of sp³-hybridized carbons (Fsp3) is 0.389.